The predicted molar refractivity (Wildman–Crippen MR) is 56.0 cm³/mol. The standard InChI is InChI=1S/C9H8F3N3S/c10-9(11,12)16-4-3-15-8-6-14-2-1-7(8)5-13/h1-2,6,15H,3-4H2. The van der Waals surface area contributed by atoms with Gasteiger partial charge in [-0.05, 0) is 17.8 Å². The number of pyridine rings is 1. The van der Waals surface area contributed by atoms with Crippen LogP contribution in [-0.2, 0) is 0 Å². The number of nitrogens with zero attached hydrogens (tertiary/aromatic N) is 2. The Balaban J connectivity index is 2.41. The molecule has 0 amide bonds. The van der Waals surface area contributed by atoms with Gasteiger partial charge < -0.3 is 5.32 Å². The lowest BCUT2D eigenvalue weighted by atomic mass is 10.2. The molecular formula is C9H8F3N3S. The molecule has 0 saturated heterocycles. The molecule has 0 fully saturated rings. The van der Waals surface area contributed by atoms with Crippen molar-refractivity contribution < 1.29 is 13.2 Å². The minimum Gasteiger partial charge on any atom is -0.382 e. The van der Waals surface area contributed by atoms with Crippen LogP contribution in [-0.4, -0.2) is 22.8 Å². The number of rotatable bonds is 4. The van der Waals surface area contributed by atoms with Gasteiger partial charge in [0.15, 0.2) is 0 Å². The van der Waals surface area contributed by atoms with Crippen LogP contribution in [0.5, 0.6) is 0 Å². The number of hydrogen-bond donors (Lipinski definition) is 1. The van der Waals surface area contributed by atoms with E-state index in [1.54, 1.807) is 0 Å². The lowest BCUT2D eigenvalue weighted by Gasteiger charge is -2.08. The van der Waals surface area contributed by atoms with Crippen LogP contribution in [0.25, 0.3) is 0 Å². The second-order valence-electron chi connectivity index (χ2n) is 2.75. The lowest BCUT2D eigenvalue weighted by molar-refractivity contribution is -0.0327. The molecule has 0 aliphatic rings. The maximum absolute atomic E-state index is 11.8. The zero-order chi connectivity index (χ0) is 12.0. The van der Waals surface area contributed by atoms with E-state index < -0.39 is 5.51 Å². The van der Waals surface area contributed by atoms with Crippen LogP contribution in [0.4, 0.5) is 18.9 Å². The van der Waals surface area contributed by atoms with Crippen molar-refractivity contribution in [1.29, 1.82) is 5.26 Å². The van der Waals surface area contributed by atoms with Crippen molar-refractivity contribution in [1.82, 2.24) is 4.98 Å². The van der Waals surface area contributed by atoms with E-state index in [1.807, 2.05) is 6.07 Å². The van der Waals surface area contributed by atoms with Crippen molar-refractivity contribution in [2.24, 2.45) is 0 Å². The second kappa shape index (κ2) is 5.61. The number of anilines is 1. The molecule has 0 spiro atoms. The van der Waals surface area contributed by atoms with Crippen molar-refractivity contribution >= 4 is 17.4 Å². The van der Waals surface area contributed by atoms with E-state index in [0.29, 0.717) is 11.3 Å². The highest BCUT2D eigenvalue weighted by Gasteiger charge is 2.27. The topological polar surface area (TPSA) is 48.7 Å². The molecule has 0 aromatic carbocycles. The highest BCUT2D eigenvalue weighted by Crippen LogP contribution is 2.29. The molecular weight excluding hydrogens is 239 g/mol. The first-order valence-electron chi connectivity index (χ1n) is 4.31. The van der Waals surface area contributed by atoms with Crippen molar-refractivity contribution in [3.63, 3.8) is 0 Å². The molecule has 0 atom stereocenters. The van der Waals surface area contributed by atoms with Crippen molar-refractivity contribution in [3.8, 4) is 6.07 Å². The van der Waals surface area contributed by atoms with Crippen LogP contribution >= 0.6 is 11.8 Å². The minimum absolute atomic E-state index is 0.0995. The van der Waals surface area contributed by atoms with Gasteiger partial charge >= 0.3 is 5.51 Å². The van der Waals surface area contributed by atoms with E-state index in [0.717, 1.165) is 0 Å². The first-order chi connectivity index (χ1) is 7.53. The first kappa shape index (κ1) is 12.6. The maximum Gasteiger partial charge on any atom is 0.441 e. The Morgan fingerprint density at radius 1 is 1.50 bits per heavy atom. The Labute approximate surface area is 94.7 Å². The molecule has 1 aromatic heterocycles. The summed E-state index contributed by atoms with van der Waals surface area (Å²) in [6, 6.07) is 3.42. The minimum atomic E-state index is -4.21. The largest absolute Gasteiger partial charge is 0.441 e. The summed E-state index contributed by atoms with van der Waals surface area (Å²) in [5.41, 5.74) is -3.39. The van der Waals surface area contributed by atoms with Gasteiger partial charge in [-0.25, -0.2) is 0 Å². The molecule has 16 heavy (non-hydrogen) atoms. The molecule has 1 N–H and O–H groups in total. The Kier molecular flexibility index (Phi) is 4.43. The van der Waals surface area contributed by atoms with Gasteiger partial charge in [-0.1, -0.05) is 0 Å². The third kappa shape index (κ3) is 4.40. The lowest BCUT2D eigenvalue weighted by Crippen LogP contribution is -2.10. The molecule has 1 aromatic rings. The van der Waals surface area contributed by atoms with Gasteiger partial charge in [0, 0.05) is 18.5 Å². The fourth-order valence-corrected chi connectivity index (χ4v) is 1.42. The third-order valence-electron chi connectivity index (χ3n) is 1.62. The summed E-state index contributed by atoms with van der Waals surface area (Å²) in [5, 5.41) is 11.4. The average molecular weight is 247 g/mol. The number of nitrogens with one attached hydrogen (secondary N) is 1. The number of thioether (sulfide) groups is 1. The van der Waals surface area contributed by atoms with Gasteiger partial charge in [0.25, 0.3) is 0 Å². The van der Waals surface area contributed by atoms with E-state index in [4.69, 9.17) is 5.26 Å². The second-order valence-corrected chi connectivity index (χ2v) is 3.91. The molecule has 0 aliphatic carbocycles. The van der Waals surface area contributed by atoms with E-state index in [1.165, 1.54) is 18.5 Å². The summed E-state index contributed by atoms with van der Waals surface area (Å²) < 4.78 is 35.4. The molecule has 0 saturated carbocycles. The Hall–Kier alpha value is -1.42. The van der Waals surface area contributed by atoms with Crippen molar-refractivity contribution in [3.05, 3.63) is 24.0 Å². The maximum atomic E-state index is 11.8. The summed E-state index contributed by atoms with van der Waals surface area (Å²) in [6.45, 7) is 0.130. The molecule has 1 rings (SSSR count). The van der Waals surface area contributed by atoms with Crippen LogP contribution in [0.2, 0.25) is 0 Å². The quantitative estimate of drug-likeness (QED) is 0.831. The van der Waals surface area contributed by atoms with Gasteiger partial charge in [0.05, 0.1) is 17.4 Å². The molecule has 0 radical (unpaired) electrons. The summed E-state index contributed by atoms with van der Waals surface area (Å²) >= 11 is -0.0995. The number of halogens is 3. The average Bonchev–Trinajstić information content (AvgIpc) is 2.23. The fourth-order valence-electron chi connectivity index (χ4n) is 0.985. The molecule has 0 bridgehead atoms. The Morgan fingerprint density at radius 2 is 2.25 bits per heavy atom. The molecule has 86 valence electrons. The van der Waals surface area contributed by atoms with Gasteiger partial charge in [-0.15, -0.1) is 0 Å². The molecule has 0 aliphatic heterocycles. The molecule has 3 nitrogen and oxygen atoms in total. The predicted octanol–water partition coefficient (Wildman–Crippen LogP) is 2.62. The van der Waals surface area contributed by atoms with Crippen molar-refractivity contribution in [2.75, 3.05) is 17.6 Å². The number of nitriles is 1. The molecule has 1 heterocycles. The Morgan fingerprint density at radius 3 is 2.88 bits per heavy atom. The van der Waals surface area contributed by atoms with Gasteiger partial charge in [-0.3, -0.25) is 4.98 Å². The van der Waals surface area contributed by atoms with E-state index in [-0.39, 0.29) is 24.1 Å². The fraction of sp³-hybridized carbons (Fsp3) is 0.333. The smallest absolute Gasteiger partial charge is 0.382 e. The van der Waals surface area contributed by atoms with Gasteiger partial charge in [0.2, 0.25) is 0 Å². The number of hydrogen-bond acceptors (Lipinski definition) is 4. The van der Waals surface area contributed by atoms with E-state index in [9.17, 15) is 13.2 Å². The van der Waals surface area contributed by atoms with Crippen LogP contribution in [0.1, 0.15) is 5.56 Å². The zero-order valence-corrected chi connectivity index (χ0v) is 8.90. The third-order valence-corrected chi connectivity index (χ3v) is 2.36. The normalized spacial score (nSPS) is 10.9. The van der Waals surface area contributed by atoms with E-state index in [2.05, 4.69) is 10.3 Å². The Bertz CT molecular complexity index is 386. The summed E-state index contributed by atoms with van der Waals surface area (Å²) in [5.74, 6) is -0.108. The highest BCUT2D eigenvalue weighted by atomic mass is 32.2. The summed E-state index contributed by atoms with van der Waals surface area (Å²) in [7, 11) is 0. The zero-order valence-electron chi connectivity index (χ0n) is 8.08. The number of alkyl halides is 3. The van der Waals surface area contributed by atoms with Gasteiger partial charge in [0.1, 0.15) is 6.07 Å². The highest BCUT2D eigenvalue weighted by molar-refractivity contribution is 8.00. The number of aromatic nitrogens is 1. The SMILES string of the molecule is N#Cc1ccncc1NCCSC(F)(F)F. The monoisotopic (exact) mass is 247 g/mol. The van der Waals surface area contributed by atoms with Crippen molar-refractivity contribution in [2.45, 2.75) is 5.51 Å². The molecule has 7 heteroatoms. The van der Waals surface area contributed by atoms with Gasteiger partial charge in [-0.2, -0.15) is 18.4 Å². The summed E-state index contributed by atoms with van der Waals surface area (Å²) in [4.78, 5) is 3.78. The van der Waals surface area contributed by atoms with Crippen LogP contribution in [0.3, 0.4) is 0 Å². The van der Waals surface area contributed by atoms with Crippen LogP contribution < -0.4 is 5.32 Å². The van der Waals surface area contributed by atoms with Crippen LogP contribution in [0, 0.1) is 11.3 Å². The van der Waals surface area contributed by atoms with E-state index >= 15 is 0 Å². The summed E-state index contributed by atoms with van der Waals surface area (Å²) in [6.07, 6.45) is 2.87. The molecule has 0 unspecified atom stereocenters. The van der Waals surface area contributed by atoms with Crippen LogP contribution in [0.15, 0.2) is 18.5 Å². The first-order valence-corrected chi connectivity index (χ1v) is 5.30.